The quantitative estimate of drug-likeness (QED) is 0.947. The Labute approximate surface area is 107 Å². The highest BCUT2D eigenvalue weighted by Crippen LogP contribution is 2.12. The molecule has 0 unspecified atom stereocenters. The van der Waals surface area contributed by atoms with E-state index in [9.17, 15) is 4.79 Å². The molecule has 1 N–H and O–H groups in total. The second kappa shape index (κ2) is 4.71. The second-order valence-corrected chi connectivity index (χ2v) is 4.67. The lowest BCUT2D eigenvalue weighted by molar-refractivity contribution is 0.0696. The van der Waals surface area contributed by atoms with Crippen molar-refractivity contribution in [1.82, 2.24) is 9.78 Å². The number of carboxylic acids is 1. The van der Waals surface area contributed by atoms with E-state index in [0.717, 1.165) is 10.0 Å². The van der Waals surface area contributed by atoms with Crippen LogP contribution in [0.15, 0.2) is 34.9 Å². The summed E-state index contributed by atoms with van der Waals surface area (Å²) in [5, 5.41) is 13.1. The van der Waals surface area contributed by atoms with E-state index >= 15 is 0 Å². The third-order valence-corrected chi connectivity index (χ3v) is 2.96. The maximum Gasteiger partial charge on any atom is 0.339 e. The van der Waals surface area contributed by atoms with Crippen molar-refractivity contribution in [2.75, 3.05) is 0 Å². The Morgan fingerprint density at radius 2 is 2.06 bits per heavy atom. The van der Waals surface area contributed by atoms with E-state index in [1.807, 2.05) is 24.3 Å². The number of aryl methyl sites for hydroxylation is 1. The van der Waals surface area contributed by atoms with Gasteiger partial charge in [-0.25, -0.2) is 4.79 Å². The number of halogens is 1. The van der Waals surface area contributed by atoms with Gasteiger partial charge in [0.15, 0.2) is 0 Å². The Bertz CT molecular complexity index is 546. The van der Waals surface area contributed by atoms with Crippen molar-refractivity contribution in [2.24, 2.45) is 0 Å². The molecule has 0 saturated heterocycles. The lowest BCUT2D eigenvalue weighted by Crippen LogP contribution is -2.00. The number of hydrogen-bond acceptors (Lipinski definition) is 2. The minimum Gasteiger partial charge on any atom is -0.478 e. The zero-order valence-corrected chi connectivity index (χ0v) is 10.8. The largest absolute Gasteiger partial charge is 0.478 e. The minimum absolute atomic E-state index is 0.252. The lowest BCUT2D eigenvalue weighted by atomic mass is 10.2. The molecule has 0 aliphatic rings. The molecule has 0 atom stereocenters. The molecule has 1 aromatic heterocycles. The van der Waals surface area contributed by atoms with Crippen LogP contribution in [0.3, 0.4) is 0 Å². The van der Waals surface area contributed by atoms with Crippen LogP contribution >= 0.6 is 15.9 Å². The zero-order valence-electron chi connectivity index (χ0n) is 9.22. The predicted octanol–water partition coefficient (Wildman–Crippen LogP) is 2.70. The summed E-state index contributed by atoms with van der Waals surface area (Å²) in [7, 11) is 0. The molecule has 2 rings (SSSR count). The van der Waals surface area contributed by atoms with Crippen LogP contribution < -0.4 is 0 Å². The Morgan fingerprint density at radius 3 is 2.59 bits per heavy atom. The molecular weight excluding hydrogens is 284 g/mol. The van der Waals surface area contributed by atoms with E-state index in [1.54, 1.807) is 17.8 Å². The van der Waals surface area contributed by atoms with Crippen molar-refractivity contribution >= 4 is 21.9 Å². The second-order valence-electron chi connectivity index (χ2n) is 3.76. The van der Waals surface area contributed by atoms with Gasteiger partial charge in [0, 0.05) is 10.7 Å². The summed E-state index contributed by atoms with van der Waals surface area (Å²) in [5.41, 5.74) is 1.87. The molecule has 0 saturated carbocycles. The summed E-state index contributed by atoms with van der Waals surface area (Å²) in [6.45, 7) is 2.27. The average Bonchev–Trinajstić information content (AvgIpc) is 2.63. The van der Waals surface area contributed by atoms with Crippen LogP contribution in [0.5, 0.6) is 0 Å². The summed E-state index contributed by atoms with van der Waals surface area (Å²) in [6, 6.07) is 7.84. The van der Waals surface area contributed by atoms with Crippen LogP contribution in [0, 0.1) is 6.92 Å². The topological polar surface area (TPSA) is 55.1 Å². The van der Waals surface area contributed by atoms with Gasteiger partial charge in [0.2, 0.25) is 0 Å². The Hall–Kier alpha value is -1.62. The molecule has 5 heteroatoms. The number of hydrogen-bond donors (Lipinski definition) is 1. The number of carboxylic acid groups (broad SMARTS) is 1. The first-order chi connectivity index (χ1) is 8.06. The summed E-state index contributed by atoms with van der Waals surface area (Å²) in [4.78, 5) is 10.9. The van der Waals surface area contributed by atoms with Crippen LogP contribution in [0.4, 0.5) is 0 Å². The first-order valence-corrected chi connectivity index (χ1v) is 5.87. The van der Waals surface area contributed by atoms with Crippen LogP contribution in [-0.2, 0) is 6.54 Å². The lowest BCUT2D eigenvalue weighted by Gasteiger charge is -2.01. The van der Waals surface area contributed by atoms with Gasteiger partial charge in [-0.05, 0) is 24.6 Å². The highest BCUT2D eigenvalue weighted by Gasteiger charge is 2.11. The van der Waals surface area contributed by atoms with E-state index in [-0.39, 0.29) is 5.56 Å². The highest BCUT2D eigenvalue weighted by atomic mass is 79.9. The number of nitrogens with zero attached hydrogens (tertiary/aromatic N) is 2. The van der Waals surface area contributed by atoms with E-state index in [4.69, 9.17) is 5.11 Å². The van der Waals surface area contributed by atoms with Gasteiger partial charge in [-0.3, -0.25) is 4.68 Å². The standard InChI is InChI=1S/C12H11BrN2O2/c1-8-11(12(16)17)7-15(14-8)6-9-2-4-10(13)5-3-9/h2-5,7H,6H2,1H3,(H,16,17). The minimum atomic E-state index is -0.940. The van der Waals surface area contributed by atoms with Crippen molar-refractivity contribution < 1.29 is 9.90 Å². The van der Waals surface area contributed by atoms with E-state index < -0.39 is 5.97 Å². The summed E-state index contributed by atoms with van der Waals surface area (Å²) < 4.78 is 2.66. The van der Waals surface area contributed by atoms with Crippen molar-refractivity contribution in [3.8, 4) is 0 Å². The number of rotatable bonds is 3. The van der Waals surface area contributed by atoms with Gasteiger partial charge in [-0.15, -0.1) is 0 Å². The van der Waals surface area contributed by atoms with Crippen molar-refractivity contribution in [3.05, 3.63) is 51.8 Å². The third kappa shape index (κ3) is 2.74. The van der Waals surface area contributed by atoms with Gasteiger partial charge < -0.3 is 5.11 Å². The molecule has 0 aliphatic heterocycles. The van der Waals surface area contributed by atoms with Crippen LogP contribution in [-0.4, -0.2) is 20.9 Å². The predicted molar refractivity (Wildman–Crippen MR) is 67.2 cm³/mol. The summed E-state index contributed by atoms with van der Waals surface area (Å²) in [6.07, 6.45) is 1.56. The molecule has 4 nitrogen and oxygen atoms in total. The molecule has 17 heavy (non-hydrogen) atoms. The fraction of sp³-hybridized carbons (Fsp3) is 0.167. The van der Waals surface area contributed by atoms with Crippen LogP contribution in [0.25, 0.3) is 0 Å². The Morgan fingerprint density at radius 1 is 1.41 bits per heavy atom. The molecule has 0 amide bonds. The molecule has 0 bridgehead atoms. The Kier molecular flexibility index (Phi) is 3.28. The molecule has 1 aromatic carbocycles. The molecule has 0 aliphatic carbocycles. The summed E-state index contributed by atoms with van der Waals surface area (Å²) >= 11 is 3.37. The van der Waals surface area contributed by atoms with Crippen molar-refractivity contribution in [3.63, 3.8) is 0 Å². The fourth-order valence-corrected chi connectivity index (χ4v) is 1.85. The SMILES string of the molecule is Cc1nn(Cc2ccc(Br)cc2)cc1C(=O)O. The maximum atomic E-state index is 10.9. The molecule has 0 radical (unpaired) electrons. The Balaban J connectivity index is 2.22. The van der Waals surface area contributed by atoms with Crippen LogP contribution in [0.2, 0.25) is 0 Å². The van der Waals surface area contributed by atoms with E-state index in [1.165, 1.54) is 0 Å². The van der Waals surface area contributed by atoms with Gasteiger partial charge in [-0.2, -0.15) is 5.10 Å². The molecule has 0 spiro atoms. The first kappa shape index (κ1) is 11.9. The van der Waals surface area contributed by atoms with Gasteiger partial charge in [-0.1, -0.05) is 28.1 Å². The number of aromatic carboxylic acids is 1. The smallest absolute Gasteiger partial charge is 0.339 e. The monoisotopic (exact) mass is 294 g/mol. The van der Waals surface area contributed by atoms with Crippen molar-refractivity contribution in [2.45, 2.75) is 13.5 Å². The maximum absolute atomic E-state index is 10.9. The van der Waals surface area contributed by atoms with E-state index in [2.05, 4.69) is 21.0 Å². The fourth-order valence-electron chi connectivity index (χ4n) is 1.59. The number of aromatic nitrogens is 2. The van der Waals surface area contributed by atoms with E-state index in [0.29, 0.717) is 12.2 Å². The molecular formula is C12H11BrN2O2. The third-order valence-electron chi connectivity index (χ3n) is 2.43. The molecule has 2 aromatic rings. The average molecular weight is 295 g/mol. The normalized spacial score (nSPS) is 10.5. The van der Waals surface area contributed by atoms with Gasteiger partial charge in [0.1, 0.15) is 5.56 Å². The first-order valence-electron chi connectivity index (χ1n) is 5.08. The zero-order chi connectivity index (χ0) is 12.4. The van der Waals surface area contributed by atoms with Gasteiger partial charge >= 0.3 is 5.97 Å². The van der Waals surface area contributed by atoms with Gasteiger partial charge in [0.25, 0.3) is 0 Å². The van der Waals surface area contributed by atoms with Gasteiger partial charge in [0.05, 0.1) is 12.2 Å². The number of benzene rings is 1. The molecule has 0 fully saturated rings. The van der Waals surface area contributed by atoms with Crippen molar-refractivity contribution in [1.29, 1.82) is 0 Å². The molecule has 88 valence electrons. The number of carbonyl (C=O) groups is 1. The molecule has 1 heterocycles. The van der Waals surface area contributed by atoms with Crippen LogP contribution in [0.1, 0.15) is 21.6 Å². The summed E-state index contributed by atoms with van der Waals surface area (Å²) in [5.74, 6) is -0.940. The highest BCUT2D eigenvalue weighted by molar-refractivity contribution is 9.10.